The molecular formula is C12H16O6. The van der Waals surface area contributed by atoms with Crippen molar-refractivity contribution in [3.8, 4) is 0 Å². The first kappa shape index (κ1) is 14.6. The van der Waals surface area contributed by atoms with Crippen LogP contribution in [0.15, 0.2) is 30.3 Å². The molecule has 0 aliphatic heterocycles. The van der Waals surface area contributed by atoms with E-state index in [1.165, 1.54) is 0 Å². The van der Waals surface area contributed by atoms with Crippen LogP contribution in [0.5, 0.6) is 0 Å². The van der Waals surface area contributed by atoms with Crippen LogP contribution in [0, 0.1) is 0 Å². The van der Waals surface area contributed by atoms with Gasteiger partial charge in [-0.15, -0.1) is 0 Å². The fourth-order valence-corrected chi connectivity index (χ4v) is 1.26. The number of carbonyl (C=O) groups is 1. The van der Waals surface area contributed by atoms with Crippen LogP contribution >= 0.6 is 0 Å². The largest absolute Gasteiger partial charge is 0.462 e. The molecule has 1 unspecified atom stereocenters. The van der Waals surface area contributed by atoms with Gasteiger partial charge in [-0.05, 0) is 12.1 Å². The predicted molar refractivity (Wildman–Crippen MR) is 61.6 cm³/mol. The molecule has 0 spiro atoms. The first-order valence-electron chi connectivity index (χ1n) is 5.43. The van der Waals surface area contributed by atoms with Crippen molar-refractivity contribution in [2.75, 3.05) is 13.2 Å². The molecular weight excluding hydrogens is 240 g/mol. The van der Waals surface area contributed by atoms with Crippen LogP contribution in [0.25, 0.3) is 0 Å². The van der Waals surface area contributed by atoms with Gasteiger partial charge in [-0.3, -0.25) is 0 Å². The van der Waals surface area contributed by atoms with Crippen molar-refractivity contribution in [1.82, 2.24) is 0 Å². The standard InChI is InChI=1S/C12H16O6/c13-8-10(14)12(16,17)6-7-18-11(15)9-4-2-1-3-5-9/h1-5,10,13-14,16-17H,6-8H2. The Labute approximate surface area is 104 Å². The zero-order valence-electron chi connectivity index (χ0n) is 9.69. The third kappa shape index (κ3) is 4.08. The highest BCUT2D eigenvalue weighted by Crippen LogP contribution is 2.12. The van der Waals surface area contributed by atoms with Crippen LogP contribution < -0.4 is 0 Å². The summed E-state index contributed by atoms with van der Waals surface area (Å²) >= 11 is 0. The number of benzene rings is 1. The first-order valence-corrected chi connectivity index (χ1v) is 5.43. The van der Waals surface area contributed by atoms with E-state index in [0.717, 1.165) is 0 Å². The molecule has 1 aromatic carbocycles. The second kappa shape index (κ2) is 6.46. The van der Waals surface area contributed by atoms with Crippen LogP contribution in [-0.4, -0.2) is 51.5 Å². The summed E-state index contributed by atoms with van der Waals surface area (Å²) in [5, 5.41) is 36.3. The van der Waals surface area contributed by atoms with Crippen LogP contribution in [0.3, 0.4) is 0 Å². The van der Waals surface area contributed by atoms with Gasteiger partial charge in [-0.1, -0.05) is 18.2 Å². The normalized spacial score (nSPS) is 13.1. The molecule has 6 heteroatoms. The van der Waals surface area contributed by atoms with Gasteiger partial charge in [-0.2, -0.15) is 0 Å². The van der Waals surface area contributed by atoms with E-state index < -0.39 is 30.9 Å². The minimum Gasteiger partial charge on any atom is -0.462 e. The number of hydrogen-bond acceptors (Lipinski definition) is 6. The molecule has 6 nitrogen and oxygen atoms in total. The van der Waals surface area contributed by atoms with Crippen molar-refractivity contribution in [2.45, 2.75) is 18.3 Å². The smallest absolute Gasteiger partial charge is 0.338 e. The van der Waals surface area contributed by atoms with E-state index in [0.29, 0.717) is 5.56 Å². The molecule has 0 fully saturated rings. The zero-order chi connectivity index (χ0) is 13.6. The number of hydrogen-bond donors (Lipinski definition) is 4. The average molecular weight is 256 g/mol. The molecule has 0 aromatic heterocycles. The molecule has 1 aromatic rings. The molecule has 0 saturated heterocycles. The molecule has 4 N–H and O–H groups in total. The molecule has 0 aliphatic carbocycles. The lowest BCUT2D eigenvalue weighted by molar-refractivity contribution is -0.239. The van der Waals surface area contributed by atoms with E-state index >= 15 is 0 Å². The number of carbonyl (C=O) groups excluding carboxylic acids is 1. The lowest BCUT2D eigenvalue weighted by Gasteiger charge is -2.25. The average Bonchev–Trinajstić information content (AvgIpc) is 2.38. The molecule has 18 heavy (non-hydrogen) atoms. The second-order valence-corrected chi connectivity index (χ2v) is 3.83. The summed E-state index contributed by atoms with van der Waals surface area (Å²) in [4.78, 5) is 11.5. The van der Waals surface area contributed by atoms with Crippen LogP contribution in [-0.2, 0) is 4.74 Å². The first-order chi connectivity index (χ1) is 8.47. The zero-order valence-corrected chi connectivity index (χ0v) is 9.69. The number of aliphatic hydroxyl groups excluding tert-OH is 2. The maximum Gasteiger partial charge on any atom is 0.338 e. The van der Waals surface area contributed by atoms with Crippen molar-refractivity contribution in [3.63, 3.8) is 0 Å². The molecule has 0 heterocycles. The third-order valence-electron chi connectivity index (χ3n) is 2.42. The van der Waals surface area contributed by atoms with Gasteiger partial charge in [0.2, 0.25) is 0 Å². The van der Waals surface area contributed by atoms with Crippen molar-refractivity contribution in [3.05, 3.63) is 35.9 Å². The Bertz CT molecular complexity index is 375. The van der Waals surface area contributed by atoms with Gasteiger partial charge in [0.05, 0.1) is 18.8 Å². The molecule has 0 amide bonds. The summed E-state index contributed by atoms with van der Waals surface area (Å²) in [6, 6.07) is 8.23. The van der Waals surface area contributed by atoms with E-state index in [4.69, 9.17) is 14.9 Å². The Hall–Kier alpha value is -1.47. The Kier molecular flexibility index (Phi) is 5.24. The van der Waals surface area contributed by atoms with E-state index in [9.17, 15) is 15.0 Å². The van der Waals surface area contributed by atoms with Crippen molar-refractivity contribution in [1.29, 1.82) is 0 Å². The Morgan fingerprint density at radius 3 is 2.44 bits per heavy atom. The molecule has 0 bridgehead atoms. The number of rotatable bonds is 6. The summed E-state index contributed by atoms with van der Waals surface area (Å²) < 4.78 is 4.81. The number of esters is 1. The van der Waals surface area contributed by atoms with Crippen molar-refractivity contribution < 1.29 is 30.0 Å². The minimum absolute atomic E-state index is 0.280. The van der Waals surface area contributed by atoms with Crippen LogP contribution in [0.2, 0.25) is 0 Å². The molecule has 0 radical (unpaired) electrons. The minimum atomic E-state index is -2.48. The second-order valence-electron chi connectivity index (χ2n) is 3.83. The highest BCUT2D eigenvalue weighted by molar-refractivity contribution is 5.89. The number of aliphatic hydroxyl groups is 4. The fourth-order valence-electron chi connectivity index (χ4n) is 1.26. The van der Waals surface area contributed by atoms with E-state index in [1.54, 1.807) is 30.3 Å². The van der Waals surface area contributed by atoms with Gasteiger partial charge in [0.15, 0.2) is 5.79 Å². The highest BCUT2D eigenvalue weighted by Gasteiger charge is 2.32. The van der Waals surface area contributed by atoms with E-state index in [-0.39, 0.29) is 6.61 Å². The molecule has 0 saturated carbocycles. The summed E-state index contributed by atoms with van der Waals surface area (Å²) in [7, 11) is 0. The summed E-state index contributed by atoms with van der Waals surface area (Å²) in [5.74, 6) is -3.07. The lowest BCUT2D eigenvalue weighted by atomic mass is 10.1. The van der Waals surface area contributed by atoms with Gasteiger partial charge in [0.25, 0.3) is 0 Å². The maximum absolute atomic E-state index is 11.5. The summed E-state index contributed by atoms with van der Waals surface area (Å²) in [5.41, 5.74) is 0.349. The van der Waals surface area contributed by atoms with Crippen molar-refractivity contribution in [2.24, 2.45) is 0 Å². The van der Waals surface area contributed by atoms with Gasteiger partial charge in [0.1, 0.15) is 6.10 Å². The van der Waals surface area contributed by atoms with Crippen LogP contribution in [0.1, 0.15) is 16.8 Å². The molecule has 100 valence electrons. The third-order valence-corrected chi connectivity index (χ3v) is 2.42. The predicted octanol–water partition coefficient (Wildman–Crippen LogP) is -0.732. The quantitative estimate of drug-likeness (QED) is 0.395. The Balaban J connectivity index is 2.41. The topological polar surface area (TPSA) is 107 Å². The fraction of sp³-hybridized carbons (Fsp3) is 0.417. The number of ether oxygens (including phenoxy) is 1. The van der Waals surface area contributed by atoms with Crippen molar-refractivity contribution >= 4 is 5.97 Å². The van der Waals surface area contributed by atoms with Gasteiger partial charge in [0, 0.05) is 6.42 Å². The lowest BCUT2D eigenvalue weighted by Crippen LogP contribution is -2.45. The molecule has 1 rings (SSSR count). The monoisotopic (exact) mass is 256 g/mol. The van der Waals surface area contributed by atoms with Gasteiger partial charge >= 0.3 is 5.97 Å². The van der Waals surface area contributed by atoms with E-state index in [1.807, 2.05) is 0 Å². The Morgan fingerprint density at radius 1 is 1.28 bits per heavy atom. The highest BCUT2D eigenvalue weighted by atomic mass is 16.5. The summed E-state index contributed by atoms with van der Waals surface area (Å²) in [6.07, 6.45) is -2.10. The summed E-state index contributed by atoms with van der Waals surface area (Å²) in [6.45, 7) is -1.07. The van der Waals surface area contributed by atoms with Gasteiger partial charge < -0.3 is 25.2 Å². The van der Waals surface area contributed by atoms with Gasteiger partial charge in [-0.25, -0.2) is 4.79 Å². The Morgan fingerprint density at radius 2 is 1.89 bits per heavy atom. The SMILES string of the molecule is O=C(OCCC(O)(O)C(O)CO)c1ccccc1. The van der Waals surface area contributed by atoms with Crippen LogP contribution in [0.4, 0.5) is 0 Å². The molecule has 0 aliphatic rings. The maximum atomic E-state index is 11.5. The van der Waals surface area contributed by atoms with E-state index in [2.05, 4.69) is 0 Å². The molecule has 1 atom stereocenters.